The van der Waals surface area contributed by atoms with Crippen LogP contribution in [0, 0.1) is 5.92 Å². The van der Waals surface area contributed by atoms with Crippen LogP contribution in [0.4, 0.5) is 5.82 Å². The summed E-state index contributed by atoms with van der Waals surface area (Å²) in [6.45, 7) is 8.51. The average molecular weight is 267 g/mol. The number of ether oxygens (including phenoxy) is 2. The van der Waals surface area contributed by atoms with Gasteiger partial charge < -0.3 is 15.2 Å². The van der Waals surface area contributed by atoms with E-state index < -0.39 is 5.97 Å². The molecule has 2 N–H and O–H groups in total. The van der Waals surface area contributed by atoms with Crippen molar-refractivity contribution in [2.75, 3.05) is 18.9 Å². The Morgan fingerprint density at radius 2 is 2.05 bits per heavy atom. The number of hydrogen-bond donors (Lipinski definition) is 1. The number of esters is 1. The van der Waals surface area contributed by atoms with Crippen LogP contribution in [0.5, 0.6) is 0 Å². The molecule has 106 valence electrons. The van der Waals surface area contributed by atoms with Crippen LogP contribution in [-0.4, -0.2) is 29.2 Å². The van der Waals surface area contributed by atoms with Crippen LogP contribution < -0.4 is 5.73 Å². The van der Waals surface area contributed by atoms with E-state index in [1.165, 1.54) is 6.20 Å². The molecule has 1 atom stereocenters. The third-order valence-electron chi connectivity index (χ3n) is 2.54. The molecule has 0 saturated heterocycles. The highest BCUT2D eigenvalue weighted by Gasteiger charge is 2.21. The summed E-state index contributed by atoms with van der Waals surface area (Å²) in [6, 6.07) is 0. The molecule has 0 aromatic carbocycles. The highest BCUT2D eigenvalue weighted by Crippen LogP contribution is 2.24. The molecule has 0 aliphatic rings. The van der Waals surface area contributed by atoms with Crippen molar-refractivity contribution in [1.29, 1.82) is 0 Å². The third kappa shape index (κ3) is 3.89. The highest BCUT2D eigenvalue weighted by atomic mass is 16.5. The topological polar surface area (TPSA) is 87.3 Å². The van der Waals surface area contributed by atoms with E-state index in [1.54, 1.807) is 6.92 Å². The number of anilines is 1. The monoisotopic (exact) mass is 267 g/mol. The third-order valence-corrected chi connectivity index (χ3v) is 2.54. The molecule has 19 heavy (non-hydrogen) atoms. The summed E-state index contributed by atoms with van der Waals surface area (Å²) in [5.41, 5.74) is 5.96. The summed E-state index contributed by atoms with van der Waals surface area (Å²) in [7, 11) is 0. The van der Waals surface area contributed by atoms with Crippen molar-refractivity contribution in [3.8, 4) is 0 Å². The second-order valence-electron chi connectivity index (χ2n) is 4.37. The lowest BCUT2D eigenvalue weighted by atomic mass is 10.1. The van der Waals surface area contributed by atoms with E-state index in [4.69, 9.17) is 15.2 Å². The van der Waals surface area contributed by atoms with Crippen molar-refractivity contribution in [2.45, 2.75) is 33.8 Å². The Hall–Kier alpha value is -1.69. The number of hydrogen-bond acceptors (Lipinski definition) is 6. The van der Waals surface area contributed by atoms with Crippen LogP contribution in [-0.2, 0) is 9.47 Å². The smallest absolute Gasteiger partial charge is 0.343 e. The van der Waals surface area contributed by atoms with Gasteiger partial charge in [-0.1, -0.05) is 13.8 Å². The van der Waals surface area contributed by atoms with Crippen LogP contribution in [0.3, 0.4) is 0 Å². The van der Waals surface area contributed by atoms with Crippen LogP contribution >= 0.6 is 0 Å². The number of aromatic nitrogens is 2. The van der Waals surface area contributed by atoms with E-state index in [0.717, 1.165) is 0 Å². The van der Waals surface area contributed by atoms with Crippen LogP contribution in [0.25, 0.3) is 0 Å². The Morgan fingerprint density at radius 1 is 1.37 bits per heavy atom. The zero-order valence-electron chi connectivity index (χ0n) is 11.8. The molecule has 0 saturated carbocycles. The molecule has 1 aromatic heterocycles. The van der Waals surface area contributed by atoms with E-state index in [0.29, 0.717) is 12.4 Å². The maximum absolute atomic E-state index is 11.6. The summed E-state index contributed by atoms with van der Waals surface area (Å²) in [5.74, 6) is 0.313. The van der Waals surface area contributed by atoms with Gasteiger partial charge in [0.2, 0.25) is 0 Å². The first kappa shape index (κ1) is 15.4. The fourth-order valence-electron chi connectivity index (χ4n) is 1.66. The Kier molecular flexibility index (Phi) is 5.69. The second-order valence-corrected chi connectivity index (χ2v) is 4.37. The van der Waals surface area contributed by atoms with Gasteiger partial charge in [0.05, 0.1) is 6.61 Å². The molecule has 0 fully saturated rings. The van der Waals surface area contributed by atoms with Gasteiger partial charge in [0.15, 0.2) is 5.82 Å². The highest BCUT2D eigenvalue weighted by molar-refractivity contribution is 5.93. The van der Waals surface area contributed by atoms with Crippen LogP contribution in [0.1, 0.15) is 50.0 Å². The van der Waals surface area contributed by atoms with Gasteiger partial charge in [-0.15, -0.1) is 0 Å². The Bertz CT molecular complexity index is 435. The van der Waals surface area contributed by atoms with Crippen molar-refractivity contribution in [3.63, 3.8) is 0 Å². The fraction of sp³-hybridized carbons (Fsp3) is 0.615. The van der Waals surface area contributed by atoms with Gasteiger partial charge in [-0.25, -0.2) is 14.8 Å². The number of nitrogens with two attached hydrogens (primary N) is 1. The minimum Gasteiger partial charge on any atom is -0.462 e. The molecular formula is C13H21N3O3. The fourth-order valence-corrected chi connectivity index (χ4v) is 1.66. The van der Waals surface area contributed by atoms with Crippen molar-refractivity contribution >= 4 is 11.8 Å². The number of rotatable bonds is 6. The van der Waals surface area contributed by atoms with E-state index in [1.807, 2.05) is 20.8 Å². The van der Waals surface area contributed by atoms with E-state index >= 15 is 0 Å². The predicted molar refractivity (Wildman–Crippen MR) is 71.6 cm³/mol. The minimum absolute atomic E-state index is 0.119. The molecule has 0 radical (unpaired) electrons. The lowest BCUT2D eigenvalue weighted by molar-refractivity contribution is 0.0232. The van der Waals surface area contributed by atoms with Crippen molar-refractivity contribution in [1.82, 2.24) is 9.97 Å². The lowest BCUT2D eigenvalue weighted by Crippen LogP contribution is -2.17. The summed E-state index contributed by atoms with van der Waals surface area (Å²) >= 11 is 0. The maximum Gasteiger partial charge on any atom is 0.343 e. The van der Waals surface area contributed by atoms with Crippen molar-refractivity contribution in [2.24, 2.45) is 5.92 Å². The van der Waals surface area contributed by atoms with E-state index in [-0.39, 0.29) is 30.0 Å². The number of nitrogens with zero attached hydrogens (tertiary/aromatic N) is 2. The first-order chi connectivity index (χ1) is 9.01. The molecule has 0 spiro atoms. The normalized spacial score (nSPS) is 12.5. The van der Waals surface area contributed by atoms with Gasteiger partial charge in [0.25, 0.3) is 0 Å². The first-order valence-corrected chi connectivity index (χ1v) is 6.42. The van der Waals surface area contributed by atoms with Gasteiger partial charge in [0.1, 0.15) is 17.5 Å². The van der Waals surface area contributed by atoms with Crippen molar-refractivity contribution < 1.29 is 14.3 Å². The molecule has 1 heterocycles. The summed E-state index contributed by atoms with van der Waals surface area (Å²) in [6.07, 6.45) is 1.16. The molecule has 1 rings (SSSR count). The largest absolute Gasteiger partial charge is 0.462 e. The van der Waals surface area contributed by atoms with Gasteiger partial charge in [0, 0.05) is 12.8 Å². The molecule has 0 aliphatic carbocycles. The van der Waals surface area contributed by atoms with Gasteiger partial charge in [-0.05, 0) is 19.8 Å². The van der Waals surface area contributed by atoms with Gasteiger partial charge >= 0.3 is 5.97 Å². The number of carbonyl (C=O) groups excluding carboxylic acids is 1. The molecule has 6 nitrogen and oxygen atoms in total. The van der Waals surface area contributed by atoms with Crippen LogP contribution in [0.15, 0.2) is 6.20 Å². The molecule has 1 aromatic rings. The van der Waals surface area contributed by atoms with Crippen molar-refractivity contribution in [3.05, 3.63) is 17.6 Å². The number of carbonyl (C=O) groups is 1. The minimum atomic E-state index is -0.510. The Balaban J connectivity index is 3.00. The summed E-state index contributed by atoms with van der Waals surface area (Å²) in [5, 5.41) is 0. The van der Waals surface area contributed by atoms with Gasteiger partial charge in [-0.3, -0.25) is 0 Å². The Labute approximate surface area is 113 Å². The Morgan fingerprint density at radius 3 is 2.53 bits per heavy atom. The molecule has 6 heteroatoms. The maximum atomic E-state index is 11.6. The van der Waals surface area contributed by atoms with Gasteiger partial charge in [-0.2, -0.15) is 0 Å². The molecule has 1 unspecified atom stereocenters. The first-order valence-electron chi connectivity index (χ1n) is 6.42. The average Bonchev–Trinajstić information content (AvgIpc) is 2.35. The summed E-state index contributed by atoms with van der Waals surface area (Å²) < 4.78 is 10.5. The molecular weight excluding hydrogens is 246 g/mol. The molecule has 0 bridgehead atoms. The second kappa shape index (κ2) is 7.04. The lowest BCUT2D eigenvalue weighted by Gasteiger charge is -2.19. The molecule has 0 aliphatic heterocycles. The summed E-state index contributed by atoms with van der Waals surface area (Å²) in [4.78, 5) is 19.9. The van der Waals surface area contributed by atoms with E-state index in [9.17, 15) is 4.79 Å². The molecule has 0 amide bonds. The number of nitrogen functional groups attached to an aromatic ring is 1. The quantitative estimate of drug-likeness (QED) is 0.793. The zero-order chi connectivity index (χ0) is 14.4. The predicted octanol–water partition coefficient (Wildman–Crippen LogP) is 1.97. The van der Waals surface area contributed by atoms with Crippen LogP contribution in [0.2, 0.25) is 0 Å². The SMILES string of the molecule is CCOC(=O)c1cnc(C(OCC)C(C)C)nc1N. The zero-order valence-corrected chi connectivity index (χ0v) is 11.8. The standard InChI is InChI=1S/C13H21N3O3/c1-5-18-10(8(3)4)12-15-7-9(11(14)16-12)13(17)19-6-2/h7-8,10H,5-6H2,1-4H3,(H2,14,15,16). The van der Waals surface area contributed by atoms with E-state index in [2.05, 4.69) is 9.97 Å².